The maximum Gasteiger partial charge on any atom is 0.152 e. The van der Waals surface area contributed by atoms with Crippen molar-refractivity contribution < 1.29 is 13.2 Å². The first-order valence-electron chi connectivity index (χ1n) is 6.70. The van der Waals surface area contributed by atoms with Gasteiger partial charge in [0.2, 0.25) is 0 Å². The average Bonchev–Trinajstić information content (AvgIpc) is 2.34. The van der Waals surface area contributed by atoms with Crippen molar-refractivity contribution in [1.82, 2.24) is 10.2 Å². The monoisotopic (exact) mass is 276 g/mol. The second-order valence-corrected chi connectivity index (χ2v) is 7.92. The molecule has 0 aromatic rings. The van der Waals surface area contributed by atoms with E-state index in [9.17, 15) is 8.42 Å². The van der Waals surface area contributed by atoms with Crippen LogP contribution in [0.25, 0.3) is 0 Å². The first kappa shape index (κ1) is 14.2. The molecule has 0 radical (unpaired) electrons. The molecule has 0 spiro atoms. The van der Waals surface area contributed by atoms with Crippen LogP contribution in [0, 0.1) is 5.41 Å². The quantitative estimate of drug-likeness (QED) is 0.766. The molecule has 5 nitrogen and oxygen atoms in total. The SMILES string of the molecule is CNCC1(CN2CCS(=O)(=O)CC2)CCCOC1. The highest BCUT2D eigenvalue weighted by atomic mass is 32.2. The molecule has 2 aliphatic rings. The van der Waals surface area contributed by atoms with Crippen LogP contribution in [0.3, 0.4) is 0 Å². The molecule has 0 amide bonds. The lowest BCUT2D eigenvalue weighted by Gasteiger charge is -2.41. The summed E-state index contributed by atoms with van der Waals surface area (Å²) in [5.41, 5.74) is 0.161. The van der Waals surface area contributed by atoms with Crippen LogP contribution in [-0.2, 0) is 14.6 Å². The van der Waals surface area contributed by atoms with Gasteiger partial charge in [-0.25, -0.2) is 8.42 Å². The van der Waals surface area contributed by atoms with E-state index in [1.165, 1.54) is 0 Å². The van der Waals surface area contributed by atoms with Crippen LogP contribution in [-0.4, -0.2) is 71.3 Å². The molecule has 106 valence electrons. The molecule has 0 aromatic heterocycles. The summed E-state index contributed by atoms with van der Waals surface area (Å²) >= 11 is 0. The van der Waals surface area contributed by atoms with Crippen LogP contribution in [0.5, 0.6) is 0 Å². The van der Waals surface area contributed by atoms with Crippen molar-refractivity contribution in [2.45, 2.75) is 12.8 Å². The van der Waals surface area contributed by atoms with Crippen LogP contribution >= 0.6 is 0 Å². The van der Waals surface area contributed by atoms with Gasteiger partial charge in [0, 0.05) is 38.2 Å². The van der Waals surface area contributed by atoms with Crippen molar-refractivity contribution in [3.05, 3.63) is 0 Å². The van der Waals surface area contributed by atoms with Gasteiger partial charge in [0.25, 0.3) is 0 Å². The third-order valence-corrected chi connectivity index (χ3v) is 5.56. The fourth-order valence-corrected chi connectivity index (χ4v) is 4.26. The Morgan fingerprint density at radius 2 is 2.06 bits per heavy atom. The van der Waals surface area contributed by atoms with E-state index in [0.717, 1.165) is 39.1 Å². The van der Waals surface area contributed by atoms with Gasteiger partial charge in [-0.05, 0) is 19.9 Å². The van der Waals surface area contributed by atoms with Crippen LogP contribution < -0.4 is 5.32 Å². The maximum absolute atomic E-state index is 11.4. The predicted molar refractivity (Wildman–Crippen MR) is 71.5 cm³/mol. The summed E-state index contributed by atoms with van der Waals surface area (Å²) in [6.45, 7) is 4.89. The van der Waals surface area contributed by atoms with Crippen molar-refractivity contribution >= 4 is 9.84 Å². The zero-order valence-electron chi connectivity index (χ0n) is 11.2. The lowest BCUT2D eigenvalue weighted by atomic mass is 9.81. The van der Waals surface area contributed by atoms with Gasteiger partial charge < -0.3 is 15.0 Å². The van der Waals surface area contributed by atoms with E-state index >= 15 is 0 Å². The highest BCUT2D eigenvalue weighted by Gasteiger charge is 2.35. The largest absolute Gasteiger partial charge is 0.381 e. The molecule has 0 aromatic carbocycles. The number of nitrogens with one attached hydrogen (secondary N) is 1. The predicted octanol–water partition coefficient (Wildman–Crippen LogP) is -0.267. The molecule has 0 saturated carbocycles. The molecule has 2 rings (SSSR count). The maximum atomic E-state index is 11.4. The molecule has 1 unspecified atom stereocenters. The van der Waals surface area contributed by atoms with Gasteiger partial charge >= 0.3 is 0 Å². The normalized spacial score (nSPS) is 33.4. The lowest BCUT2D eigenvalue weighted by Crippen LogP contribution is -2.51. The van der Waals surface area contributed by atoms with Gasteiger partial charge in [0.05, 0.1) is 18.1 Å². The molecule has 0 aliphatic carbocycles. The number of ether oxygens (including phenoxy) is 1. The van der Waals surface area contributed by atoms with Crippen molar-refractivity contribution in [2.75, 3.05) is 57.9 Å². The number of rotatable bonds is 4. The molecule has 0 bridgehead atoms. The zero-order valence-corrected chi connectivity index (χ0v) is 12.0. The highest BCUT2D eigenvalue weighted by Crippen LogP contribution is 2.29. The van der Waals surface area contributed by atoms with E-state index in [2.05, 4.69) is 10.2 Å². The fourth-order valence-electron chi connectivity index (χ4n) is 2.99. The van der Waals surface area contributed by atoms with Crippen LogP contribution in [0.4, 0.5) is 0 Å². The standard InChI is InChI=1S/C12H24N2O3S/c1-13-9-12(3-2-6-17-11-12)10-14-4-7-18(15,16)8-5-14/h13H,2-11H2,1H3. The van der Waals surface area contributed by atoms with E-state index in [4.69, 9.17) is 4.74 Å². The Labute approximate surface area is 110 Å². The number of hydrogen-bond donors (Lipinski definition) is 1. The van der Waals surface area contributed by atoms with Gasteiger partial charge in [0.15, 0.2) is 9.84 Å². The Kier molecular flexibility index (Phi) is 4.64. The van der Waals surface area contributed by atoms with Crippen molar-refractivity contribution in [3.8, 4) is 0 Å². The summed E-state index contributed by atoms with van der Waals surface area (Å²) < 4.78 is 28.5. The molecule has 1 atom stereocenters. The third-order valence-electron chi connectivity index (χ3n) is 3.95. The van der Waals surface area contributed by atoms with Crippen molar-refractivity contribution in [3.63, 3.8) is 0 Å². The zero-order chi connectivity index (χ0) is 13.1. The Hall–Kier alpha value is -0.170. The van der Waals surface area contributed by atoms with Gasteiger partial charge in [-0.15, -0.1) is 0 Å². The second kappa shape index (κ2) is 5.86. The minimum absolute atomic E-state index is 0.161. The van der Waals surface area contributed by atoms with E-state index in [1.54, 1.807) is 0 Å². The third kappa shape index (κ3) is 3.66. The lowest BCUT2D eigenvalue weighted by molar-refractivity contribution is -0.0241. The molecule has 2 saturated heterocycles. The molecule has 2 aliphatic heterocycles. The van der Waals surface area contributed by atoms with Gasteiger partial charge in [-0.1, -0.05) is 0 Å². The number of hydrogen-bond acceptors (Lipinski definition) is 5. The highest BCUT2D eigenvalue weighted by molar-refractivity contribution is 7.91. The summed E-state index contributed by atoms with van der Waals surface area (Å²) in [5, 5.41) is 3.26. The van der Waals surface area contributed by atoms with E-state index in [0.29, 0.717) is 24.6 Å². The Morgan fingerprint density at radius 3 is 2.61 bits per heavy atom. The number of nitrogens with zero attached hydrogens (tertiary/aromatic N) is 1. The summed E-state index contributed by atoms with van der Waals surface area (Å²) in [6, 6.07) is 0. The van der Waals surface area contributed by atoms with Crippen molar-refractivity contribution in [1.29, 1.82) is 0 Å². The van der Waals surface area contributed by atoms with E-state index in [1.807, 2.05) is 7.05 Å². The smallest absolute Gasteiger partial charge is 0.152 e. The first-order valence-corrected chi connectivity index (χ1v) is 8.53. The number of sulfone groups is 1. The minimum atomic E-state index is -2.78. The Balaban J connectivity index is 1.93. The second-order valence-electron chi connectivity index (χ2n) is 5.61. The molecule has 2 fully saturated rings. The van der Waals surface area contributed by atoms with Gasteiger partial charge in [0.1, 0.15) is 0 Å². The summed E-state index contributed by atoms with van der Waals surface area (Å²) in [6.07, 6.45) is 2.27. The molecule has 1 N–H and O–H groups in total. The van der Waals surface area contributed by atoms with Gasteiger partial charge in [-0.3, -0.25) is 0 Å². The van der Waals surface area contributed by atoms with Crippen LogP contribution in [0.2, 0.25) is 0 Å². The molecular formula is C12H24N2O3S. The molecular weight excluding hydrogens is 252 g/mol. The summed E-state index contributed by atoms with van der Waals surface area (Å²) in [7, 11) is -0.808. The topological polar surface area (TPSA) is 58.6 Å². The minimum Gasteiger partial charge on any atom is -0.381 e. The Morgan fingerprint density at radius 1 is 1.33 bits per heavy atom. The van der Waals surface area contributed by atoms with Crippen molar-refractivity contribution in [2.24, 2.45) is 5.41 Å². The van der Waals surface area contributed by atoms with E-state index in [-0.39, 0.29) is 5.41 Å². The van der Waals surface area contributed by atoms with Crippen LogP contribution in [0.1, 0.15) is 12.8 Å². The van der Waals surface area contributed by atoms with E-state index < -0.39 is 9.84 Å². The van der Waals surface area contributed by atoms with Gasteiger partial charge in [-0.2, -0.15) is 0 Å². The molecule has 2 heterocycles. The Bertz CT molecular complexity index is 344. The average molecular weight is 276 g/mol. The van der Waals surface area contributed by atoms with Crippen LogP contribution in [0.15, 0.2) is 0 Å². The summed E-state index contributed by atoms with van der Waals surface area (Å²) in [4.78, 5) is 2.28. The fraction of sp³-hybridized carbons (Fsp3) is 1.00. The molecule has 6 heteroatoms. The first-order chi connectivity index (χ1) is 8.55. The summed E-state index contributed by atoms with van der Waals surface area (Å²) in [5.74, 6) is 0.618. The molecule has 18 heavy (non-hydrogen) atoms.